The molecule has 0 saturated carbocycles. The van der Waals surface area contributed by atoms with Crippen LogP contribution in [0.3, 0.4) is 0 Å². The standard InChI is InChI=1S/C18H21N3O2/c22-18(15-11-14-3-1-2-4-16(14)23-12-15)21-9-5-13(6-10-21)17-19-7-8-20-17/h1-4,7-8,13,15H,5-6,9-12H2,(H,19,20). The van der Waals surface area contributed by atoms with Gasteiger partial charge in [-0.3, -0.25) is 4.79 Å². The lowest BCUT2D eigenvalue weighted by Crippen LogP contribution is -2.44. The second-order valence-electron chi connectivity index (χ2n) is 6.39. The summed E-state index contributed by atoms with van der Waals surface area (Å²) < 4.78 is 5.77. The average Bonchev–Trinajstić information content (AvgIpc) is 3.15. The predicted molar refractivity (Wildman–Crippen MR) is 86.3 cm³/mol. The topological polar surface area (TPSA) is 58.2 Å². The first-order chi connectivity index (χ1) is 11.3. The zero-order valence-corrected chi connectivity index (χ0v) is 13.1. The molecule has 1 atom stereocenters. The molecule has 1 saturated heterocycles. The van der Waals surface area contributed by atoms with Gasteiger partial charge in [0.25, 0.3) is 0 Å². The van der Waals surface area contributed by atoms with Gasteiger partial charge in [-0.2, -0.15) is 0 Å². The SMILES string of the molecule is O=C(C1COc2ccccc2C1)N1CCC(c2ncc[nH]2)CC1. The number of hydrogen-bond donors (Lipinski definition) is 1. The number of carbonyl (C=O) groups excluding carboxylic acids is 1. The molecule has 1 aromatic heterocycles. The molecular formula is C18H21N3O2. The van der Waals surface area contributed by atoms with Crippen molar-refractivity contribution in [1.82, 2.24) is 14.9 Å². The highest BCUT2D eigenvalue weighted by Gasteiger charge is 2.32. The van der Waals surface area contributed by atoms with Crippen LogP contribution in [0.1, 0.15) is 30.1 Å². The van der Waals surface area contributed by atoms with Gasteiger partial charge in [0.1, 0.15) is 18.2 Å². The van der Waals surface area contributed by atoms with Crippen LogP contribution in [0.5, 0.6) is 5.75 Å². The number of fused-ring (bicyclic) bond motifs is 1. The van der Waals surface area contributed by atoms with Gasteiger partial charge >= 0.3 is 0 Å². The zero-order chi connectivity index (χ0) is 15.6. The van der Waals surface area contributed by atoms with Crippen molar-refractivity contribution >= 4 is 5.91 Å². The van der Waals surface area contributed by atoms with E-state index in [1.807, 2.05) is 29.3 Å². The van der Waals surface area contributed by atoms with E-state index < -0.39 is 0 Å². The van der Waals surface area contributed by atoms with Crippen LogP contribution >= 0.6 is 0 Å². The van der Waals surface area contributed by atoms with E-state index in [2.05, 4.69) is 16.0 Å². The minimum absolute atomic E-state index is 0.0509. The Kier molecular flexibility index (Phi) is 3.77. The van der Waals surface area contributed by atoms with Gasteiger partial charge in [-0.25, -0.2) is 4.98 Å². The fourth-order valence-corrected chi connectivity index (χ4v) is 3.62. The molecule has 0 bridgehead atoms. The molecule has 5 nitrogen and oxygen atoms in total. The number of amides is 1. The number of aromatic amines is 1. The summed E-state index contributed by atoms with van der Waals surface area (Å²) >= 11 is 0. The molecule has 1 N–H and O–H groups in total. The van der Waals surface area contributed by atoms with Gasteiger partial charge in [-0.05, 0) is 30.9 Å². The molecule has 2 aliphatic rings. The Bertz CT molecular complexity index is 675. The second kappa shape index (κ2) is 6.07. The number of H-pyrrole nitrogens is 1. The van der Waals surface area contributed by atoms with Crippen molar-refractivity contribution in [3.8, 4) is 5.75 Å². The van der Waals surface area contributed by atoms with Crippen molar-refractivity contribution in [2.24, 2.45) is 5.92 Å². The first-order valence-corrected chi connectivity index (χ1v) is 8.30. The number of likely N-dealkylation sites (tertiary alicyclic amines) is 1. The third-order valence-corrected chi connectivity index (χ3v) is 4.94. The lowest BCUT2D eigenvalue weighted by Gasteiger charge is -2.35. The Labute approximate surface area is 135 Å². The number of piperidine rings is 1. The number of benzene rings is 1. The molecule has 120 valence electrons. The molecule has 1 aromatic carbocycles. The number of rotatable bonds is 2. The maximum absolute atomic E-state index is 12.8. The van der Waals surface area contributed by atoms with Gasteiger partial charge in [-0.1, -0.05) is 18.2 Å². The quantitative estimate of drug-likeness (QED) is 0.926. The van der Waals surface area contributed by atoms with E-state index in [1.165, 1.54) is 0 Å². The molecule has 0 aliphatic carbocycles. The van der Waals surface area contributed by atoms with Crippen molar-refractivity contribution in [1.29, 1.82) is 0 Å². The van der Waals surface area contributed by atoms with Crippen LogP contribution in [0, 0.1) is 5.92 Å². The monoisotopic (exact) mass is 311 g/mol. The van der Waals surface area contributed by atoms with Crippen LogP contribution in [0.15, 0.2) is 36.7 Å². The Morgan fingerprint density at radius 2 is 2.09 bits per heavy atom. The third kappa shape index (κ3) is 2.83. The van der Waals surface area contributed by atoms with Crippen LogP contribution in [0.4, 0.5) is 0 Å². The number of nitrogens with zero attached hydrogens (tertiary/aromatic N) is 2. The zero-order valence-electron chi connectivity index (χ0n) is 13.1. The highest BCUT2D eigenvalue weighted by molar-refractivity contribution is 5.80. The number of para-hydroxylation sites is 1. The van der Waals surface area contributed by atoms with E-state index >= 15 is 0 Å². The van der Waals surface area contributed by atoms with E-state index in [9.17, 15) is 4.79 Å². The number of aromatic nitrogens is 2. The molecule has 0 spiro atoms. The molecule has 2 aromatic rings. The molecule has 1 unspecified atom stereocenters. The minimum atomic E-state index is -0.0509. The van der Waals surface area contributed by atoms with E-state index in [4.69, 9.17) is 4.74 Å². The maximum Gasteiger partial charge on any atom is 0.229 e. The fraction of sp³-hybridized carbons (Fsp3) is 0.444. The highest BCUT2D eigenvalue weighted by Crippen LogP contribution is 2.30. The van der Waals surface area contributed by atoms with Crippen LogP contribution in [-0.4, -0.2) is 40.5 Å². The lowest BCUT2D eigenvalue weighted by atomic mass is 9.92. The molecule has 5 heteroatoms. The summed E-state index contributed by atoms with van der Waals surface area (Å²) in [6.07, 6.45) is 6.40. The molecule has 0 radical (unpaired) electrons. The van der Waals surface area contributed by atoms with Gasteiger partial charge in [0.05, 0.1) is 5.92 Å². The highest BCUT2D eigenvalue weighted by atomic mass is 16.5. The van der Waals surface area contributed by atoms with Crippen LogP contribution < -0.4 is 4.74 Å². The first kappa shape index (κ1) is 14.3. The van der Waals surface area contributed by atoms with E-state index in [-0.39, 0.29) is 11.8 Å². The molecule has 23 heavy (non-hydrogen) atoms. The molecular weight excluding hydrogens is 290 g/mol. The third-order valence-electron chi connectivity index (χ3n) is 4.94. The summed E-state index contributed by atoms with van der Waals surface area (Å²) in [5.41, 5.74) is 1.14. The number of ether oxygens (including phenoxy) is 1. The van der Waals surface area contributed by atoms with E-state index in [1.54, 1.807) is 6.20 Å². The van der Waals surface area contributed by atoms with Gasteiger partial charge in [0.15, 0.2) is 0 Å². The number of hydrogen-bond acceptors (Lipinski definition) is 3. The predicted octanol–water partition coefficient (Wildman–Crippen LogP) is 2.37. The Balaban J connectivity index is 1.37. The molecule has 1 fully saturated rings. The Morgan fingerprint density at radius 1 is 1.26 bits per heavy atom. The summed E-state index contributed by atoms with van der Waals surface area (Å²) in [6, 6.07) is 8.01. The van der Waals surface area contributed by atoms with Gasteiger partial charge < -0.3 is 14.6 Å². The number of nitrogens with one attached hydrogen (secondary N) is 1. The van der Waals surface area contributed by atoms with Crippen molar-refractivity contribution in [2.75, 3.05) is 19.7 Å². The molecule has 1 amide bonds. The van der Waals surface area contributed by atoms with Gasteiger partial charge in [0, 0.05) is 31.4 Å². The van der Waals surface area contributed by atoms with Crippen molar-refractivity contribution < 1.29 is 9.53 Å². The number of carbonyl (C=O) groups is 1. The molecule has 3 heterocycles. The van der Waals surface area contributed by atoms with Gasteiger partial charge in [0.2, 0.25) is 5.91 Å². The largest absolute Gasteiger partial charge is 0.492 e. The maximum atomic E-state index is 12.8. The van der Waals surface area contributed by atoms with E-state index in [0.29, 0.717) is 12.5 Å². The second-order valence-corrected chi connectivity index (χ2v) is 6.39. The normalized spacial score (nSPS) is 21.6. The molecule has 2 aliphatic heterocycles. The summed E-state index contributed by atoms with van der Waals surface area (Å²) in [7, 11) is 0. The van der Waals surface area contributed by atoms with E-state index in [0.717, 1.165) is 49.5 Å². The summed E-state index contributed by atoms with van der Waals surface area (Å²) in [4.78, 5) is 22.3. The molecule has 4 rings (SSSR count). The summed E-state index contributed by atoms with van der Waals surface area (Å²) in [5, 5.41) is 0. The van der Waals surface area contributed by atoms with Crippen molar-refractivity contribution in [3.05, 3.63) is 48.0 Å². The van der Waals surface area contributed by atoms with Crippen LogP contribution in [0.25, 0.3) is 0 Å². The first-order valence-electron chi connectivity index (χ1n) is 8.30. The van der Waals surface area contributed by atoms with Crippen LogP contribution in [0.2, 0.25) is 0 Å². The fourth-order valence-electron chi connectivity index (χ4n) is 3.62. The minimum Gasteiger partial charge on any atom is -0.492 e. The van der Waals surface area contributed by atoms with Gasteiger partial charge in [-0.15, -0.1) is 0 Å². The summed E-state index contributed by atoms with van der Waals surface area (Å²) in [6.45, 7) is 2.11. The number of imidazole rings is 1. The lowest BCUT2D eigenvalue weighted by molar-refractivity contribution is -0.138. The smallest absolute Gasteiger partial charge is 0.229 e. The average molecular weight is 311 g/mol. The van der Waals surface area contributed by atoms with Crippen molar-refractivity contribution in [3.63, 3.8) is 0 Å². The summed E-state index contributed by atoms with van der Waals surface area (Å²) in [5.74, 6) is 2.60. The Morgan fingerprint density at radius 3 is 2.87 bits per heavy atom. The van der Waals surface area contributed by atoms with Crippen molar-refractivity contribution in [2.45, 2.75) is 25.2 Å². The van der Waals surface area contributed by atoms with Crippen LogP contribution in [-0.2, 0) is 11.2 Å². The Hall–Kier alpha value is -2.30.